The normalized spacial score (nSPS) is 10.7. The van der Waals surface area contributed by atoms with E-state index >= 15 is 0 Å². The van der Waals surface area contributed by atoms with Crippen molar-refractivity contribution in [3.8, 4) is 12.3 Å². The van der Waals surface area contributed by atoms with Crippen molar-refractivity contribution in [2.75, 3.05) is 6.54 Å². The van der Waals surface area contributed by atoms with Crippen molar-refractivity contribution in [3.05, 3.63) is 28.9 Å². The Morgan fingerprint density at radius 2 is 2.22 bits per heavy atom. The lowest BCUT2D eigenvalue weighted by Crippen LogP contribution is -2.15. The molecule has 0 atom stereocenters. The smallest absolute Gasteiger partial charge is 0.155 e. The van der Waals surface area contributed by atoms with Gasteiger partial charge in [0.2, 0.25) is 0 Å². The highest BCUT2D eigenvalue weighted by Crippen LogP contribution is 2.10. The second-order valence-electron chi connectivity index (χ2n) is 4.03. The number of hydrogen-bond acceptors (Lipinski definition) is 3. The Labute approximate surface area is 115 Å². The lowest BCUT2D eigenvalue weighted by molar-refractivity contribution is 0.620. The van der Waals surface area contributed by atoms with E-state index in [9.17, 15) is 0 Å². The van der Waals surface area contributed by atoms with Crippen molar-refractivity contribution in [2.24, 2.45) is 0 Å². The Morgan fingerprint density at radius 1 is 1.33 bits per heavy atom. The molecule has 0 radical (unpaired) electrons. The first-order chi connectivity index (χ1) is 8.81. The van der Waals surface area contributed by atoms with Crippen LogP contribution in [-0.4, -0.2) is 20.9 Å². The van der Waals surface area contributed by atoms with Crippen molar-refractivity contribution in [1.29, 1.82) is 0 Å². The summed E-state index contributed by atoms with van der Waals surface area (Å²) in [7, 11) is 0. The highest BCUT2D eigenvalue weighted by molar-refractivity contribution is 9.10. The van der Waals surface area contributed by atoms with Gasteiger partial charge in [-0.1, -0.05) is 0 Å². The van der Waals surface area contributed by atoms with E-state index in [0.717, 1.165) is 48.3 Å². The van der Waals surface area contributed by atoms with E-state index in [1.807, 2.05) is 16.8 Å². The van der Waals surface area contributed by atoms with E-state index in [4.69, 9.17) is 6.42 Å². The van der Waals surface area contributed by atoms with Gasteiger partial charge >= 0.3 is 0 Å². The fraction of sp³-hybridized carbons (Fsp3) is 0.385. The topological polar surface area (TPSA) is 42.2 Å². The Hall–Kier alpha value is -1.38. The average molecular weight is 307 g/mol. The minimum atomic E-state index is 0.799. The molecule has 5 heteroatoms. The standard InChI is InChI=1S/C13H15BrN4/c1-2-3-4-5-6-15-7-11-8-17-13-9-16-12(14)10-18(11)13/h1,8-10,15H,3-7H2. The second-order valence-corrected chi connectivity index (χ2v) is 4.84. The van der Waals surface area contributed by atoms with Gasteiger partial charge in [-0.15, -0.1) is 12.3 Å². The van der Waals surface area contributed by atoms with Crippen LogP contribution in [0.5, 0.6) is 0 Å². The molecule has 0 fully saturated rings. The monoisotopic (exact) mass is 306 g/mol. The van der Waals surface area contributed by atoms with E-state index in [1.54, 1.807) is 6.20 Å². The number of halogens is 1. The molecule has 0 aromatic carbocycles. The minimum Gasteiger partial charge on any atom is -0.311 e. The second kappa shape index (κ2) is 6.53. The summed E-state index contributed by atoms with van der Waals surface area (Å²) in [6, 6.07) is 0. The molecule has 94 valence electrons. The number of terminal acetylenes is 1. The SMILES string of the molecule is C#CCCCCNCc1cnc2cnc(Br)cn12. The molecule has 0 aliphatic rings. The number of imidazole rings is 1. The number of nitrogens with zero attached hydrogens (tertiary/aromatic N) is 3. The van der Waals surface area contributed by atoms with Crippen LogP contribution in [-0.2, 0) is 6.54 Å². The molecule has 0 amide bonds. The molecular weight excluding hydrogens is 292 g/mol. The third-order valence-electron chi connectivity index (χ3n) is 2.67. The lowest BCUT2D eigenvalue weighted by Gasteiger charge is -2.04. The number of aromatic nitrogens is 3. The lowest BCUT2D eigenvalue weighted by atomic mass is 10.2. The maximum Gasteiger partial charge on any atom is 0.155 e. The average Bonchev–Trinajstić information content (AvgIpc) is 2.76. The highest BCUT2D eigenvalue weighted by Gasteiger charge is 2.03. The summed E-state index contributed by atoms with van der Waals surface area (Å²) in [6.07, 6.45) is 13.8. The molecular formula is C13H15BrN4. The van der Waals surface area contributed by atoms with Crippen LogP contribution >= 0.6 is 15.9 Å². The van der Waals surface area contributed by atoms with Crippen LogP contribution < -0.4 is 5.32 Å². The summed E-state index contributed by atoms with van der Waals surface area (Å²) in [5.74, 6) is 2.65. The first-order valence-corrected chi connectivity index (χ1v) is 6.72. The van der Waals surface area contributed by atoms with Crippen LogP contribution in [0.25, 0.3) is 5.65 Å². The molecule has 2 rings (SSSR count). The van der Waals surface area contributed by atoms with Gasteiger partial charge in [0.1, 0.15) is 4.60 Å². The molecule has 2 aromatic heterocycles. The zero-order valence-electron chi connectivity index (χ0n) is 10.1. The van der Waals surface area contributed by atoms with E-state index in [0.29, 0.717) is 0 Å². The predicted molar refractivity (Wildman–Crippen MR) is 75.1 cm³/mol. The number of unbranched alkanes of at least 4 members (excludes halogenated alkanes) is 2. The van der Waals surface area contributed by atoms with Gasteiger partial charge in [0.25, 0.3) is 0 Å². The van der Waals surface area contributed by atoms with Gasteiger partial charge in [-0.2, -0.15) is 0 Å². The molecule has 0 saturated heterocycles. The van der Waals surface area contributed by atoms with Crippen molar-refractivity contribution < 1.29 is 0 Å². The molecule has 2 heterocycles. The Balaban J connectivity index is 1.88. The Kier molecular flexibility index (Phi) is 4.73. The summed E-state index contributed by atoms with van der Waals surface area (Å²) < 4.78 is 2.84. The molecule has 0 aliphatic heterocycles. The number of rotatable bonds is 6. The van der Waals surface area contributed by atoms with Crippen molar-refractivity contribution >= 4 is 21.6 Å². The van der Waals surface area contributed by atoms with Crippen molar-refractivity contribution in [2.45, 2.75) is 25.8 Å². The molecule has 0 aliphatic carbocycles. The summed E-state index contributed by atoms with van der Waals surface area (Å²) in [5.41, 5.74) is 1.99. The summed E-state index contributed by atoms with van der Waals surface area (Å²) in [4.78, 5) is 8.45. The van der Waals surface area contributed by atoms with Gasteiger partial charge in [0.15, 0.2) is 5.65 Å². The van der Waals surface area contributed by atoms with Crippen LogP contribution in [0.3, 0.4) is 0 Å². The Morgan fingerprint density at radius 3 is 3.06 bits per heavy atom. The molecule has 18 heavy (non-hydrogen) atoms. The van der Waals surface area contributed by atoms with Crippen LogP contribution in [0.15, 0.2) is 23.2 Å². The van der Waals surface area contributed by atoms with Crippen LogP contribution in [0, 0.1) is 12.3 Å². The summed E-state index contributed by atoms with van der Waals surface area (Å²) in [6.45, 7) is 1.77. The van der Waals surface area contributed by atoms with E-state index in [2.05, 4.69) is 37.1 Å². The van der Waals surface area contributed by atoms with E-state index < -0.39 is 0 Å². The Bertz CT molecular complexity index is 556. The van der Waals surface area contributed by atoms with Crippen molar-refractivity contribution in [3.63, 3.8) is 0 Å². The maximum atomic E-state index is 5.20. The quantitative estimate of drug-likeness (QED) is 0.658. The van der Waals surface area contributed by atoms with Gasteiger partial charge in [0, 0.05) is 19.2 Å². The summed E-state index contributed by atoms with van der Waals surface area (Å²) >= 11 is 3.36. The number of fused-ring (bicyclic) bond motifs is 1. The molecule has 0 saturated carbocycles. The molecule has 4 nitrogen and oxygen atoms in total. The number of nitrogens with one attached hydrogen (secondary N) is 1. The fourth-order valence-electron chi connectivity index (χ4n) is 1.74. The molecule has 0 spiro atoms. The highest BCUT2D eigenvalue weighted by atomic mass is 79.9. The summed E-state index contributed by atoms with van der Waals surface area (Å²) in [5, 5.41) is 3.39. The number of hydrogen-bond donors (Lipinski definition) is 1. The third kappa shape index (κ3) is 3.31. The van der Waals surface area contributed by atoms with Crippen molar-refractivity contribution in [1.82, 2.24) is 19.7 Å². The van der Waals surface area contributed by atoms with E-state index in [1.165, 1.54) is 0 Å². The van der Waals surface area contributed by atoms with Gasteiger partial charge in [-0.3, -0.25) is 4.40 Å². The molecule has 2 aromatic rings. The van der Waals surface area contributed by atoms with Crippen LogP contribution in [0.1, 0.15) is 25.0 Å². The molecule has 0 unspecified atom stereocenters. The zero-order chi connectivity index (χ0) is 12.8. The third-order valence-corrected chi connectivity index (χ3v) is 3.08. The van der Waals surface area contributed by atoms with Crippen LogP contribution in [0.4, 0.5) is 0 Å². The predicted octanol–water partition coefficient (Wildman–Crippen LogP) is 2.38. The maximum absolute atomic E-state index is 5.20. The van der Waals surface area contributed by atoms with Gasteiger partial charge in [-0.05, 0) is 35.3 Å². The first-order valence-electron chi connectivity index (χ1n) is 5.93. The molecule has 1 N–H and O–H groups in total. The molecule has 0 bridgehead atoms. The van der Waals surface area contributed by atoms with Gasteiger partial charge in [0.05, 0.1) is 18.1 Å². The van der Waals surface area contributed by atoms with Gasteiger partial charge in [-0.25, -0.2) is 9.97 Å². The minimum absolute atomic E-state index is 0.799. The van der Waals surface area contributed by atoms with E-state index in [-0.39, 0.29) is 0 Å². The van der Waals surface area contributed by atoms with Crippen LogP contribution in [0.2, 0.25) is 0 Å². The fourth-order valence-corrected chi connectivity index (χ4v) is 2.05. The largest absolute Gasteiger partial charge is 0.311 e. The van der Waals surface area contributed by atoms with Gasteiger partial charge < -0.3 is 5.32 Å². The zero-order valence-corrected chi connectivity index (χ0v) is 11.7. The first kappa shape index (κ1) is 13.1.